The smallest absolute Gasteiger partial charge is 0.271 e. The van der Waals surface area contributed by atoms with Gasteiger partial charge in [0.2, 0.25) is 0 Å². The summed E-state index contributed by atoms with van der Waals surface area (Å²) in [6, 6.07) is 0.143. The first-order chi connectivity index (χ1) is 9.08. The number of rotatable bonds is 3. The normalized spacial score (nSPS) is 19.1. The highest BCUT2D eigenvalue weighted by atomic mass is 32.1. The Morgan fingerprint density at radius 2 is 2.00 bits per heavy atom. The summed E-state index contributed by atoms with van der Waals surface area (Å²) >= 11 is 1.44. The Morgan fingerprint density at radius 1 is 1.37 bits per heavy atom. The molecule has 1 fully saturated rings. The second kappa shape index (κ2) is 6.31. The van der Waals surface area contributed by atoms with Gasteiger partial charge in [-0.2, -0.15) is 0 Å². The van der Waals surface area contributed by atoms with Crippen molar-refractivity contribution in [3.63, 3.8) is 0 Å². The van der Waals surface area contributed by atoms with E-state index in [1.165, 1.54) is 11.3 Å². The SMILES string of the molecule is CNc1nc(C(=O)NC2CN(C)CCN(C)C2)cs1. The van der Waals surface area contributed by atoms with E-state index in [4.69, 9.17) is 0 Å². The lowest BCUT2D eigenvalue weighted by Crippen LogP contribution is -2.45. The zero-order valence-corrected chi connectivity index (χ0v) is 12.5. The molecule has 0 saturated carbocycles. The lowest BCUT2D eigenvalue weighted by Gasteiger charge is -2.21. The van der Waals surface area contributed by atoms with Crippen molar-refractivity contribution in [2.45, 2.75) is 6.04 Å². The predicted molar refractivity (Wildman–Crippen MR) is 77.9 cm³/mol. The predicted octanol–water partition coefficient (Wildman–Crippen LogP) is 0.160. The molecule has 0 bridgehead atoms. The molecule has 0 aromatic carbocycles. The number of hydrogen-bond donors (Lipinski definition) is 2. The number of thiazole rings is 1. The first-order valence-corrected chi connectivity index (χ1v) is 7.27. The van der Waals surface area contributed by atoms with Gasteiger partial charge in [-0.05, 0) is 14.1 Å². The fraction of sp³-hybridized carbons (Fsp3) is 0.667. The first kappa shape index (κ1) is 14.2. The average molecular weight is 283 g/mol. The molecule has 2 N–H and O–H groups in total. The maximum absolute atomic E-state index is 12.1. The Bertz CT molecular complexity index is 424. The fourth-order valence-corrected chi connectivity index (χ4v) is 2.83. The van der Waals surface area contributed by atoms with Gasteiger partial charge in [0.15, 0.2) is 5.13 Å². The summed E-state index contributed by atoms with van der Waals surface area (Å²) in [6.07, 6.45) is 0. The Hall–Kier alpha value is -1.18. The minimum Gasteiger partial charge on any atom is -0.365 e. The molecule has 1 amide bonds. The van der Waals surface area contributed by atoms with Crippen LogP contribution >= 0.6 is 11.3 Å². The molecule has 1 aromatic heterocycles. The van der Waals surface area contributed by atoms with Gasteiger partial charge in [0, 0.05) is 38.6 Å². The van der Waals surface area contributed by atoms with Gasteiger partial charge in [-0.3, -0.25) is 4.79 Å². The summed E-state index contributed by atoms with van der Waals surface area (Å²) in [5, 5.41) is 8.56. The maximum atomic E-state index is 12.1. The van der Waals surface area contributed by atoms with Gasteiger partial charge in [0.05, 0.1) is 6.04 Å². The zero-order valence-electron chi connectivity index (χ0n) is 11.6. The van der Waals surface area contributed by atoms with Crippen molar-refractivity contribution in [1.82, 2.24) is 20.1 Å². The lowest BCUT2D eigenvalue weighted by molar-refractivity contribution is 0.0922. The third-order valence-corrected chi connectivity index (χ3v) is 4.07. The zero-order chi connectivity index (χ0) is 13.8. The number of anilines is 1. The maximum Gasteiger partial charge on any atom is 0.271 e. The van der Waals surface area contributed by atoms with E-state index in [1.807, 2.05) is 0 Å². The minimum atomic E-state index is -0.0913. The largest absolute Gasteiger partial charge is 0.365 e. The van der Waals surface area contributed by atoms with Crippen LogP contribution in [0.25, 0.3) is 0 Å². The van der Waals surface area contributed by atoms with Crippen LogP contribution in [0.2, 0.25) is 0 Å². The van der Waals surface area contributed by atoms with Crippen molar-refractivity contribution in [1.29, 1.82) is 0 Å². The molecule has 2 heterocycles. The van der Waals surface area contributed by atoms with Crippen LogP contribution in [0.15, 0.2) is 5.38 Å². The molecule has 1 aromatic rings. The summed E-state index contributed by atoms with van der Waals surface area (Å²) in [6.45, 7) is 3.81. The van der Waals surface area contributed by atoms with E-state index in [-0.39, 0.29) is 11.9 Å². The van der Waals surface area contributed by atoms with Crippen LogP contribution in [0.5, 0.6) is 0 Å². The number of nitrogens with zero attached hydrogens (tertiary/aromatic N) is 3. The van der Waals surface area contributed by atoms with Crippen LogP contribution in [0.3, 0.4) is 0 Å². The highest BCUT2D eigenvalue weighted by molar-refractivity contribution is 7.13. The van der Waals surface area contributed by atoms with E-state index < -0.39 is 0 Å². The summed E-state index contributed by atoms with van der Waals surface area (Å²) in [5.74, 6) is -0.0913. The van der Waals surface area contributed by atoms with E-state index in [0.29, 0.717) is 5.69 Å². The molecule has 0 atom stereocenters. The van der Waals surface area contributed by atoms with Crippen LogP contribution < -0.4 is 10.6 Å². The van der Waals surface area contributed by atoms with Gasteiger partial charge in [-0.15, -0.1) is 11.3 Å². The van der Waals surface area contributed by atoms with Crippen molar-refractivity contribution in [2.24, 2.45) is 0 Å². The van der Waals surface area contributed by atoms with Crippen molar-refractivity contribution in [3.05, 3.63) is 11.1 Å². The highest BCUT2D eigenvalue weighted by Crippen LogP contribution is 2.14. The third kappa shape index (κ3) is 3.89. The second-order valence-corrected chi connectivity index (χ2v) is 5.84. The van der Waals surface area contributed by atoms with Crippen LogP contribution in [0.1, 0.15) is 10.5 Å². The Labute approximate surface area is 117 Å². The molecule has 19 heavy (non-hydrogen) atoms. The Kier molecular flexibility index (Phi) is 4.73. The molecule has 1 saturated heterocycles. The van der Waals surface area contributed by atoms with E-state index in [9.17, 15) is 4.79 Å². The minimum absolute atomic E-state index is 0.0913. The van der Waals surface area contributed by atoms with Gasteiger partial charge in [0.1, 0.15) is 5.69 Å². The van der Waals surface area contributed by atoms with Gasteiger partial charge >= 0.3 is 0 Å². The number of likely N-dealkylation sites (N-methyl/N-ethyl adjacent to an activating group) is 2. The van der Waals surface area contributed by atoms with Crippen molar-refractivity contribution >= 4 is 22.4 Å². The molecule has 0 spiro atoms. The summed E-state index contributed by atoms with van der Waals surface area (Å²) < 4.78 is 0. The number of amides is 1. The fourth-order valence-electron chi connectivity index (χ4n) is 2.18. The number of carbonyl (C=O) groups excluding carboxylic acids is 1. The highest BCUT2D eigenvalue weighted by Gasteiger charge is 2.21. The van der Waals surface area contributed by atoms with Crippen LogP contribution in [-0.2, 0) is 0 Å². The topological polar surface area (TPSA) is 60.5 Å². The van der Waals surface area contributed by atoms with Gasteiger partial charge < -0.3 is 20.4 Å². The molecule has 0 aliphatic carbocycles. The second-order valence-electron chi connectivity index (χ2n) is 4.98. The number of hydrogen-bond acceptors (Lipinski definition) is 6. The van der Waals surface area contributed by atoms with Gasteiger partial charge in [-0.25, -0.2) is 4.98 Å². The molecule has 7 heteroatoms. The van der Waals surface area contributed by atoms with Crippen molar-refractivity contribution in [3.8, 4) is 0 Å². The molecule has 1 aliphatic rings. The van der Waals surface area contributed by atoms with E-state index in [2.05, 4.69) is 39.5 Å². The summed E-state index contributed by atoms with van der Waals surface area (Å²) in [7, 11) is 5.97. The van der Waals surface area contributed by atoms with Gasteiger partial charge in [-0.1, -0.05) is 0 Å². The summed E-state index contributed by atoms with van der Waals surface area (Å²) in [5.41, 5.74) is 0.490. The standard InChI is InChI=1S/C12H21N5OS/c1-13-12-15-10(8-19-12)11(18)14-9-6-16(2)4-5-17(3)7-9/h8-9H,4-7H2,1-3H3,(H,13,15)(H,14,18). The molecule has 0 radical (unpaired) electrons. The van der Waals surface area contributed by atoms with Gasteiger partial charge in [0.25, 0.3) is 5.91 Å². The molecule has 106 valence electrons. The third-order valence-electron chi connectivity index (χ3n) is 3.21. The number of nitrogens with one attached hydrogen (secondary N) is 2. The molecule has 2 rings (SSSR count). The molecular weight excluding hydrogens is 262 g/mol. The molecular formula is C12H21N5OS. The molecule has 0 unspecified atom stereocenters. The molecule has 1 aliphatic heterocycles. The quantitative estimate of drug-likeness (QED) is 0.827. The van der Waals surface area contributed by atoms with E-state index in [0.717, 1.165) is 31.3 Å². The van der Waals surface area contributed by atoms with Crippen LogP contribution in [0.4, 0.5) is 5.13 Å². The van der Waals surface area contributed by atoms with Crippen LogP contribution in [-0.4, -0.2) is 74.1 Å². The first-order valence-electron chi connectivity index (χ1n) is 6.39. The number of aromatic nitrogens is 1. The van der Waals surface area contributed by atoms with E-state index >= 15 is 0 Å². The average Bonchev–Trinajstić information content (AvgIpc) is 2.79. The number of carbonyl (C=O) groups is 1. The monoisotopic (exact) mass is 283 g/mol. The van der Waals surface area contributed by atoms with Crippen molar-refractivity contribution < 1.29 is 4.79 Å². The van der Waals surface area contributed by atoms with E-state index in [1.54, 1.807) is 12.4 Å². The van der Waals surface area contributed by atoms with Crippen LogP contribution in [0, 0.1) is 0 Å². The van der Waals surface area contributed by atoms with Crippen molar-refractivity contribution in [2.75, 3.05) is 52.6 Å². The Morgan fingerprint density at radius 3 is 2.53 bits per heavy atom. The molecule has 6 nitrogen and oxygen atoms in total. The summed E-state index contributed by atoms with van der Waals surface area (Å²) in [4.78, 5) is 20.8. The Balaban J connectivity index is 1.96. The lowest BCUT2D eigenvalue weighted by atomic mass is 10.2.